The second-order valence-electron chi connectivity index (χ2n) is 8.15. The lowest BCUT2D eigenvalue weighted by Crippen LogP contribution is -2.47. The lowest BCUT2D eigenvalue weighted by atomic mass is 9.94. The average Bonchev–Trinajstić information content (AvgIpc) is 3.31. The van der Waals surface area contributed by atoms with Gasteiger partial charge in [-0.3, -0.25) is 14.5 Å². The number of hydrazone groups is 1. The van der Waals surface area contributed by atoms with Gasteiger partial charge in [-0.25, -0.2) is 5.12 Å². The molecule has 1 aliphatic heterocycles. The van der Waals surface area contributed by atoms with Crippen LogP contribution in [0.15, 0.2) is 66.0 Å². The normalized spacial score (nSPS) is 15.9. The molecule has 1 aromatic heterocycles. The van der Waals surface area contributed by atoms with Gasteiger partial charge in [0.1, 0.15) is 24.0 Å². The molecular weight excluding hydrogens is 554 g/mol. The minimum Gasteiger partial charge on any atom is -0.406 e. The highest BCUT2D eigenvalue weighted by Gasteiger charge is 2.39. The zero-order chi connectivity index (χ0) is 28.4. The average molecular weight is 571 g/mol. The van der Waals surface area contributed by atoms with E-state index in [-0.39, 0.29) is 35.9 Å². The van der Waals surface area contributed by atoms with Crippen molar-refractivity contribution >= 4 is 28.8 Å². The van der Waals surface area contributed by atoms with Gasteiger partial charge in [0.15, 0.2) is 0 Å². The number of nitrogens with zero attached hydrogens (tertiary/aromatic N) is 6. The summed E-state index contributed by atoms with van der Waals surface area (Å²) in [4.78, 5) is 13.6. The maximum absolute atomic E-state index is 13.7. The van der Waals surface area contributed by atoms with Crippen LogP contribution in [0, 0.1) is 11.3 Å². The number of Topliss-reactive ketones (excluding diaryl/α,β-unsaturated/α-hetero) is 1. The number of rotatable bonds is 7. The van der Waals surface area contributed by atoms with Crippen LogP contribution < -0.4 is 9.75 Å². The highest BCUT2D eigenvalue weighted by molar-refractivity contribution is 6.47. The van der Waals surface area contributed by atoms with E-state index in [2.05, 4.69) is 14.9 Å². The van der Waals surface area contributed by atoms with Crippen molar-refractivity contribution in [2.75, 3.05) is 18.1 Å². The number of hydrogen-bond acceptors (Lipinski definition) is 7. The van der Waals surface area contributed by atoms with Crippen LogP contribution in [0.2, 0.25) is 5.02 Å². The third kappa shape index (κ3) is 6.43. The highest BCUT2D eigenvalue weighted by atomic mass is 35.5. The van der Waals surface area contributed by atoms with Crippen LogP contribution in [0.4, 0.5) is 32.0 Å². The van der Waals surface area contributed by atoms with E-state index in [1.165, 1.54) is 45.4 Å². The molecule has 8 nitrogen and oxygen atoms in total. The molecule has 0 bridgehead atoms. The molecule has 4 rings (SSSR count). The molecule has 1 atom stereocenters. The number of carbonyl (C=O) groups excluding carboxylic acids is 1. The van der Waals surface area contributed by atoms with Crippen LogP contribution in [0.25, 0.3) is 0 Å². The van der Waals surface area contributed by atoms with Crippen LogP contribution in [0.1, 0.15) is 28.4 Å². The first kappa shape index (κ1) is 27.8. The summed E-state index contributed by atoms with van der Waals surface area (Å²) in [6.07, 6.45) is -6.91. The zero-order valence-corrected chi connectivity index (χ0v) is 20.4. The Bertz CT molecular complexity index is 1410. The maximum Gasteiger partial charge on any atom is 0.573 e. The fourth-order valence-electron chi connectivity index (χ4n) is 3.99. The topological polar surface area (TPSA) is 86.8 Å². The van der Waals surface area contributed by atoms with Crippen molar-refractivity contribution in [3.8, 4) is 11.8 Å². The predicted octanol–water partition coefficient (Wildman–Crippen LogP) is 5.88. The first-order chi connectivity index (χ1) is 18.4. The number of hydrogen-bond donors (Lipinski definition) is 0. The Labute approximate surface area is 222 Å². The Morgan fingerprint density at radius 3 is 2.41 bits per heavy atom. The Balaban J connectivity index is 1.76. The Morgan fingerprint density at radius 2 is 1.82 bits per heavy atom. The van der Waals surface area contributed by atoms with Gasteiger partial charge in [-0.1, -0.05) is 29.8 Å². The molecule has 1 aliphatic rings. The zero-order valence-electron chi connectivity index (χ0n) is 19.6. The van der Waals surface area contributed by atoms with Gasteiger partial charge in [0.05, 0.1) is 35.1 Å². The smallest absolute Gasteiger partial charge is 0.406 e. The molecule has 0 amide bonds. The standard InChI is InChI=1S/C24H17ClF6N6O2/c25-15-13-33-35(14-15)20-9-11-37(34-21(20)22(38)18-3-1-2-4-19(18)23(26,27)28)36(12-10-32)16-5-7-17(8-6-16)39-24(29,30)31/h1-8,13-14,20H,9,11-12H2. The van der Waals surface area contributed by atoms with Crippen molar-refractivity contribution < 1.29 is 35.9 Å². The SMILES string of the molecule is N#CCN(c1ccc(OC(F)(F)F)cc1)N1CCC(n2cc(Cl)cn2)C(C(=O)c2ccccc2C(F)(F)F)=N1. The van der Waals surface area contributed by atoms with E-state index in [1.807, 2.05) is 6.07 Å². The lowest BCUT2D eigenvalue weighted by Gasteiger charge is -2.37. The van der Waals surface area contributed by atoms with Gasteiger partial charge >= 0.3 is 12.5 Å². The summed E-state index contributed by atoms with van der Waals surface area (Å²) in [5.74, 6) is -1.52. The largest absolute Gasteiger partial charge is 0.573 e. The summed E-state index contributed by atoms with van der Waals surface area (Å²) in [5.41, 5.74) is -1.87. The summed E-state index contributed by atoms with van der Waals surface area (Å²) in [5, 5.41) is 20.5. The molecule has 0 N–H and O–H groups in total. The Hall–Kier alpha value is -4.25. The summed E-state index contributed by atoms with van der Waals surface area (Å²) < 4.78 is 83.9. The van der Waals surface area contributed by atoms with Crippen molar-refractivity contribution in [1.82, 2.24) is 14.9 Å². The second-order valence-corrected chi connectivity index (χ2v) is 8.59. The number of ether oxygens (including phenoxy) is 1. The molecule has 204 valence electrons. The van der Waals surface area contributed by atoms with Crippen LogP contribution in [0.5, 0.6) is 5.75 Å². The van der Waals surface area contributed by atoms with Crippen molar-refractivity contribution in [2.24, 2.45) is 5.10 Å². The van der Waals surface area contributed by atoms with Gasteiger partial charge in [-0.2, -0.15) is 28.6 Å². The number of aromatic nitrogens is 2. The van der Waals surface area contributed by atoms with Crippen molar-refractivity contribution in [3.05, 3.63) is 77.1 Å². The third-order valence-electron chi connectivity index (χ3n) is 5.61. The number of carbonyl (C=O) groups is 1. The number of alkyl halides is 6. The van der Waals surface area contributed by atoms with Gasteiger partial charge in [0.25, 0.3) is 0 Å². The van der Waals surface area contributed by atoms with Crippen LogP contribution in [-0.4, -0.2) is 45.8 Å². The Morgan fingerprint density at radius 1 is 1.13 bits per heavy atom. The highest BCUT2D eigenvalue weighted by Crippen LogP contribution is 2.34. The van der Waals surface area contributed by atoms with E-state index in [0.29, 0.717) is 0 Å². The second kappa shape index (κ2) is 10.9. The first-order valence-corrected chi connectivity index (χ1v) is 11.5. The molecule has 1 unspecified atom stereocenters. The fourth-order valence-corrected chi connectivity index (χ4v) is 4.13. The fraction of sp³-hybridized carbons (Fsp3) is 0.250. The van der Waals surface area contributed by atoms with Gasteiger partial charge in [0, 0.05) is 11.8 Å². The Kier molecular flexibility index (Phi) is 7.73. The van der Waals surface area contributed by atoms with Gasteiger partial charge in [-0.05, 0) is 36.8 Å². The lowest BCUT2D eigenvalue weighted by molar-refractivity contribution is -0.274. The van der Waals surface area contributed by atoms with E-state index < -0.39 is 41.2 Å². The van der Waals surface area contributed by atoms with Crippen molar-refractivity contribution in [3.63, 3.8) is 0 Å². The van der Waals surface area contributed by atoms with Crippen LogP contribution in [0.3, 0.4) is 0 Å². The molecule has 0 aliphatic carbocycles. The molecule has 3 aromatic rings. The number of nitriles is 1. The quantitative estimate of drug-likeness (QED) is 0.200. The monoisotopic (exact) mass is 570 g/mol. The minimum atomic E-state index is -4.91. The third-order valence-corrected chi connectivity index (χ3v) is 5.80. The number of halogens is 7. The van der Waals surface area contributed by atoms with Crippen molar-refractivity contribution in [1.29, 1.82) is 5.26 Å². The summed E-state index contributed by atoms with van der Waals surface area (Å²) in [6, 6.07) is 9.81. The van der Waals surface area contributed by atoms with Gasteiger partial charge in [-0.15, -0.1) is 13.2 Å². The van der Waals surface area contributed by atoms with Crippen molar-refractivity contribution in [2.45, 2.75) is 25.0 Å². The summed E-state index contributed by atoms with van der Waals surface area (Å²) in [6.45, 7) is -0.274. The molecule has 0 saturated carbocycles. The first-order valence-electron chi connectivity index (χ1n) is 11.1. The van der Waals surface area contributed by atoms with E-state index in [4.69, 9.17) is 11.6 Å². The number of hydrazine groups is 1. The molecule has 0 saturated heterocycles. The predicted molar refractivity (Wildman–Crippen MR) is 127 cm³/mol. The van der Waals surface area contributed by atoms with Gasteiger partial charge in [0.2, 0.25) is 5.78 Å². The summed E-state index contributed by atoms with van der Waals surface area (Å²) >= 11 is 5.97. The number of anilines is 1. The molecule has 39 heavy (non-hydrogen) atoms. The van der Waals surface area contributed by atoms with E-state index >= 15 is 0 Å². The minimum absolute atomic E-state index is 0.0718. The molecule has 0 radical (unpaired) electrons. The van der Waals surface area contributed by atoms with Gasteiger partial charge < -0.3 is 4.74 Å². The van der Waals surface area contributed by atoms with E-state index in [9.17, 15) is 36.4 Å². The number of ketones is 1. The van der Waals surface area contributed by atoms with Crippen LogP contribution >= 0.6 is 11.6 Å². The molecule has 0 fully saturated rings. The molecular formula is C24H17ClF6N6O2. The summed E-state index contributed by atoms with van der Waals surface area (Å²) in [7, 11) is 0. The maximum atomic E-state index is 13.7. The van der Waals surface area contributed by atoms with E-state index in [0.717, 1.165) is 30.3 Å². The van der Waals surface area contributed by atoms with E-state index in [1.54, 1.807) is 0 Å². The van der Waals surface area contributed by atoms with Crippen LogP contribution in [-0.2, 0) is 6.18 Å². The molecule has 15 heteroatoms. The number of benzene rings is 2. The molecule has 2 aromatic carbocycles. The molecule has 0 spiro atoms. The molecule has 2 heterocycles.